The monoisotopic (exact) mass is 345 g/mol. The lowest BCUT2D eigenvalue weighted by Crippen LogP contribution is -2.34. The number of thiazole rings is 1. The Labute approximate surface area is 141 Å². The molecule has 1 aromatic carbocycles. The first-order chi connectivity index (χ1) is 11.1. The zero-order valence-electron chi connectivity index (χ0n) is 12.5. The first-order valence-electron chi connectivity index (χ1n) is 7.44. The molecule has 3 heterocycles. The van der Waals surface area contributed by atoms with Crippen molar-refractivity contribution in [3.8, 4) is 0 Å². The van der Waals surface area contributed by atoms with E-state index in [-0.39, 0.29) is 23.1 Å². The number of nitrogens with one attached hydrogen (secondary N) is 2. The number of thioether (sulfide) groups is 1. The van der Waals surface area contributed by atoms with Gasteiger partial charge in [-0.2, -0.15) is 0 Å². The highest BCUT2D eigenvalue weighted by atomic mass is 32.2. The Morgan fingerprint density at radius 3 is 3.00 bits per heavy atom. The van der Waals surface area contributed by atoms with Gasteiger partial charge in [-0.15, -0.1) is 11.3 Å². The van der Waals surface area contributed by atoms with Gasteiger partial charge in [-0.3, -0.25) is 9.59 Å². The third kappa shape index (κ3) is 2.53. The van der Waals surface area contributed by atoms with Crippen molar-refractivity contribution in [3.63, 3.8) is 0 Å². The van der Waals surface area contributed by atoms with Crippen LogP contribution >= 0.6 is 23.1 Å². The number of hydrogen-bond donors (Lipinski definition) is 2. The molecular formula is C16H15N3O2S2. The molecule has 7 heteroatoms. The predicted molar refractivity (Wildman–Crippen MR) is 92.2 cm³/mol. The molecular weight excluding hydrogens is 330 g/mol. The molecule has 0 spiro atoms. The molecule has 0 saturated heterocycles. The first kappa shape index (κ1) is 14.7. The van der Waals surface area contributed by atoms with Gasteiger partial charge in [0.2, 0.25) is 5.91 Å². The molecule has 2 aromatic rings. The second-order valence-electron chi connectivity index (χ2n) is 5.60. The van der Waals surface area contributed by atoms with E-state index in [4.69, 9.17) is 4.98 Å². The number of hydrogen-bond acceptors (Lipinski definition) is 5. The van der Waals surface area contributed by atoms with Crippen molar-refractivity contribution in [2.24, 2.45) is 0 Å². The molecule has 2 atom stereocenters. The second-order valence-corrected chi connectivity index (χ2v) is 7.81. The van der Waals surface area contributed by atoms with Crippen molar-refractivity contribution in [1.82, 2.24) is 15.6 Å². The zero-order chi connectivity index (χ0) is 16.0. The first-order valence-corrected chi connectivity index (χ1v) is 9.13. The van der Waals surface area contributed by atoms with E-state index >= 15 is 0 Å². The Hall–Kier alpha value is -1.86. The van der Waals surface area contributed by atoms with Crippen molar-refractivity contribution >= 4 is 45.1 Å². The van der Waals surface area contributed by atoms with Crippen LogP contribution in [0.1, 0.15) is 24.3 Å². The number of nitrogens with zero attached hydrogens (tertiary/aromatic N) is 1. The maximum absolute atomic E-state index is 12.1. The summed E-state index contributed by atoms with van der Waals surface area (Å²) in [5.41, 5.74) is 2.07. The van der Waals surface area contributed by atoms with Crippen molar-refractivity contribution in [1.29, 1.82) is 0 Å². The highest BCUT2D eigenvalue weighted by Gasteiger charge is 2.42. The maximum atomic E-state index is 12.1. The largest absolute Gasteiger partial charge is 0.351 e. The van der Waals surface area contributed by atoms with E-state index in [9.17, 15) is 9.59 Å². The Kier molecular flexibility index (Phi) is 3.61. The normalized spacial score (nSPS) is 23.8. The van der Waals surface area contributed by atoms with Crippen molar-refractivity contribution < 1.29 is 9.59 Å². The van der Waals surface area contributed by atoms with Crippen LogP contribution in [0.4, 0.5) is 0 Å². The molecule has 23 heavy (non-hydrogen) atoms. The van der Waals surface area contributed by atoms with Crippen LogP contribution in [-0.2, 0) is 9.59 Å². The van der Waals surface area contributed by atoms with Gasteiger partial charge in [-0.25, -0.2) is 4.98 Å². The van der Waals surface area contributed by atoms with E-state index < -0.39 is 0 Å². The molecule has 0 fully saturated rings. The average molecular weight is 345 g/mol. The number of carbonyl (C=O) groups is 2. The van der Waals surface area contributed by atoms with E-state index in [1.807, 2.05) is 18.2 Å². The summed E-state index contributed by atoms with van der Waals surface area (Å²) in [6.07, 6.45) is 0.810. The quantitative estimate of drug-likeness (QED) is 0.877. The summed E-state index contributed by atoms with van der Waals surface area (Å²) in [6, 6.07) is 8.01. The molecule has 0 saturated carbocycles. The van der Waals surface area contributed by atoms with Crippen molar-refractivity contribution in [2.75, 3.05) is 6.54 Å². The van der Waals surface area contributed by atoms with E-state index in [2.05, 4.69) is 16.7 Å². The third-order valence-electron chi connectivity index (χ3n) is 4.02. The molecule has 2 aliphatic rings. The van der Waals surface area contributed by atoms with Crippen LogP contribution in [0.2, 0.25) is 0 Å². The van der Waals surface area contributed by atoms with Crippen LogP contribution < -0.4 is 10.6 Å². The fourth-order valence-corrected chi connectivity index (χ4v) is 5.76. The minimum absolute atomic E-state index is 0.0256. The van der Waals surface area contributed by atoms with E-state index in [1.165, 1.54) is 18.7 Å². The van der Waals surface area contributed by atoms with E-state index in [1.54, 1.807) is 11.3 Å². The van der Waals surface area contributed by atoms with Gasteiger partial charge in [-0.05, 0) is 24.1 Å². The van der Waals surface area contributed by atoms with E-state index in [0.717, 1.165) is 32.1 Å². The van der Waals surface area contributed by atoms with Crippen molar-refractivity contribution in [3.05, 3.63) is 39.8 Å². The predicted octanol–water partition coefficient (Wildman–Crippen LogP) is 2.36. The Balaban J connectivity index is 1.80. The minimum atomic E-state index is -0.165. The van der Waals surface area contributed by atoms with Gasteiger partial charge in [0, 0.05) is 13.5 Å². The fraction of sp³-hybridized carbons (Fsp3) is 0.312. The summed E-state index contributed by atoms with van der Waals surface area (Å²) < 4.78 is 1.13. The van der Waals surface area contributed by atoms with Crippen LogP contribution in [-0.4, -0.2) is 28.7 Å². The lowest BCUT2D eigenvalue weighted by atomic mass is 9.94. The number of rotatable bonds is 2. The fourth-order valence-electron chi connectivity index (χ4n) is 3.07. The Bertz CT molecular complexity index is 810. The molecule has 0 aliphatic carbocycles. The number of fused-ring (bicyclic) bond motifs is 1. The highest BCUT2D eigenvalue weighted by molar-refractivity contribution is 8.04. The molecule has 0 radical (unpaired) electrons. The summed E-state index contributed by atoms with van der Waals surface area (Å²) in [4.78, 5) is 29.2. The zero-order valence-corrected chi connectivity index (χ0v) is 14.1. The molecule has 0 bridgehead atoms. The number of aromatic nitrogens is 1. The lowest BCUT2D eigenvalue weighted by molar-refractivity contribution is -0.119. The van der Waals surface area contributed by atoms with Gasteiger partial charge in [0.05, 0.1) is 26.4 Å². The Morgan fingerprint density at radius 1 is 1.39 bits per heavy atom. The molecule has 2 unspecified atom stereocenters. The van der Waals surface area contributed by atoms with Gasteiger partial charge < -0.3 is 10.6 Å². The number of amides is 2. The molecule has 2 amide bonds. The Morgan fingerprint density at radius 2 is 2.22 bits per heavy atom. The average Bonchev–Trinajstić information content (AvgIpc) is 3.07. The summed E-state index contributed by atoms with van der Waals surface area (Å²) in [5, 5.41) is 6.66. The summed E-state index contributed by atoms with van der Waals surface area (Å²) >= 11 is 3.09. The van der Waals surface area contributed by atoms with Gasteiger partial charge in [0.25, 0.3) is 5.91 Å². The van der Waals surface area contributed by atoms with Crippen LogP contribution in [0.25, 0.3) is 10.2 Å². The minimum Gasteiger partial charge on any atom is -0.351 e. The topological polar surface area (TPSA) is 71.1 Å². The van der Waals surface area contributed by atoms with E-state index in [0.29, 0.717) is 6.54 Å². The number of para-hydroxylation sites is 1. The van der Waals surface area contributed by atoms with Gasteiger partial charge in [0.1, 0.15) is 5.01 Å². The highest BCUT2D eigenvalue weighted by Crippen LogP contribution is 2.50. The molecule has 5 nitrogen and oxygen atoms in total. The van der Waals surface area contributed by atoms with Crippen LogP contribution in [0, 0.1) is 0 Å². The SMILES string of the molecule is CC(=O)NC1SC2=C(CCNC2=O)C1c1nc2ccccc2s1. The molecule has 2 aliphatic heterocycles. The smallest absolute Gasteiger partial charge is 0.257 e. The summed E-state index contributed by atoms with van der Waals surface area (Å²) in [7, 11) is 0. The van der Waals surface area contributed by atoms with Gasteiger partial charge in [-0.1, -0.05) is 23.9 Å². The van der Waals surface area contributed by atoms with Crippen LogP contribution in [0.3, 0.4) is 0 Å². The maximum Gasteiger partial charge on any atom is 0.257 e. The van der Waals surface area contributed by atoms with Gasteiger partial charge in [0.15, 0.2) is 0 Å². The molecule has 2 N–H and O–H groups in total. The third-order valence-corrected chi connectivity index (χ3v) is 6.47. The second kappa shape index (κ2) is 5.65. The van der Waals surface area contributed by atoms with Crippen LogP contribution in [0.15, 0.2) is 34.7 Å². The lowest BCUT2D eigenvalue weighted by Gasteiger charge is -2.21. The molecule has 1 aromatic heterocycles. The van der Waals surface area contributed by atoms with Crippen molar-refractivity contribution in [2.45, 2.75) is 24.6 Å². The number of benzene rings is 1. The summed E-state index contributed by atoms with van der Waals surface area (Å²) in [6.45, 7) is 2.15. The number of carbonyl (C=O) groups excluding carboxylic acids is 2. The standard InChI is InChI=1S/C16H15N3O2S2/c1-8(20)18-15-12(9-6-7-17-14(21)13(9)23-15)16-19-10-4-2-3-5-11(10)22-16/h2-5,12,15H,6-7H2,1H3,(H,17,21)(H,18,20). The van der Waals surface area contributed by atoms with Crippen LogP contribution in [0.5, 0.6) is 0 Å². The molecule has 118 valence electrons. The summed E-state index contributed by atoms with van der Waals surface area (Å²) in [5.74, 6) is -0.147. The molecule has 4 rings (SSSR count). The van der Waals surface area contributed by atoms with Gasteiger partial charge >= 0.3 is 0 Å².